The molecule has 150 valence electrons. The van der Waals surface area contributed by atoms with Crippen LogP contribution in [0.25, 0.3) is 11.0 Å². The van der Waals surface area contributed by atoms with Crippen molar-refractivity contribution in [3.63, 3.8) is 0 Å². The van der Waals surface area contributed by atoms with Gasteiger partial charge in [-0.1, -0.05) is 29.3 Å². The average Bonchev–Trinajstić information content (AvgIpc) is 2.74. The van der Waals surface area contributed by atoms with Gasteiger partial charge < -0.3 is 9.47 Å². The van der Waals surface area contributed by atoms with Gasteiger partial charge in [-0.2, -0.15) is 0 Å². The van der Waals surface area contributed by atoms with E-state index in [1.165, 1.54) is 36.5 Å². The third kappa shape index (κ3) is 4.50. The minimum absolute atomic E-state index is 0.128. The van der Waals surface area contributed by atoms with E-state index in [1.807, 2.05) is 0 Å². The fourth-order valence-corrected chi connectivity index (χ4v) is 3.07. The molecule has 0 saturated carbocycles. The smallest absolute Gasteiger partial charge is 0.338 e. The lowest BCUT2D eigenvalue weighted by Gasteiger charge is -2.09. The molecule has 5 nitrogen and oxygen atoms in total. The lowest BCUT2D eigenvalue weighted by Crippen LogP contribution is -2.06. The van der Waals surface area contributed by atoms with Crippen LogP contribution >= 0.6 is 23.2 Å². The Kier molecular flexibility index (Phi) is 5.79. The second-order valence-electron chi connectivity index (χ2n) is 6.24. The molecule has 0 aliphatic carbocycles. The zero-order valence-corrected chi connectivity index (χ0v) is 16.8. The number of nitrogens with zero attached hydrogens (tertiary/aromatic N) is 2. The van der Waals surface area contributed by atoms with E-state index in [4.69, 9.17) is 32.7 Å². The van der Waals surface area contributed by atoms with Crippen LogP contribution in [0.5, 0.6) is 11.6 Å². The van der Waals surface area contributed by atoms with E-state index in [0.717, 1.165) is 0 Å². The van der Waals surface area contributed by atoms with Crippen molar-refractivity contribution in [2.24, 2.45) is 0 Å². The Balaban J connectivity index is 1.42. The van der Waals surface area contributed by atoms with E-state index >= 15 is 0 Å². The summed E-state index contributed by atoms with van der Waals surface area (Å²) in [6.45, 7) is -0.265. The van der Waals surface area contributed by atoms with Crippen LogP contribution in [0.15, 0.2) is 66.9 Å². The molecule has 3 aromatic carbocycles. The van der Waals surface area contributed by atoms with Gasteiger partial charge in [-0.25, -0.2) is 19.2 Å². The Morgan fingerprint density at radius 2 is 1.80 bits per heavy atom. The highest BCUT2D eigenvalue weighted by Crippen LogP contribution is 2.24. The largest absolute Gasteiger partial charge is 0.457 e. The number of carbonyl (C=O) groups is 1. The molecule has 0 amide bonds. The van der Waals surface area contributed by atoms with E-state index in [1.54, 1.807) is 30.3 Å². The SMILES string of the molecule is O=C(OCc1c(F)cccc1Cl)c1ccc(Oc2cnc3cc(Cl)ccc3n2)cc1. The topological polar surface area (TPSA) is 61.3 Å². The van der Waals surface area contributed by atoms with Crippen molar-refractivity contribution in [1.29, 1.82) is 0 Å². The quantitative estimate of drug-likeness (QED) is 0.343. The maximum Gasteiger partial charge on any atom is 0.338 e. The number of esters is 1. The molecule has 0 N–H and O–H groups in total. The molecule has 1 heterocycles. The molecule has 0 unspecified atom stereocenters. The highest BCUT2D eigenvalue weighted by molar-refractivity contribution is 6.31. The van der Waals surface area contributed by atoms with Gasteiger partial charge in [0.25, 0.3) is 0 Å². The Labute approximate surface area is 181 Å². The predicted octanol–water partition coefficient (Wildman–Crippen LogP) is 6.23. The molecule has 4 aromatic rings. The second-order valence-corrected chi connectivity index (χ2v) is 7.09. The van der Waals surface area contributed by atoms with Crippen molar-refractivity contribution >= 4 is 40.2 Å². The number of benzene rings is 3. The number of hydrogen-bond acceptors (Lipinski definition) is 5. The molecule has 8 heteroatoms. The van der Waals surface area contributed by atoms with Gasteiger partial charge >= 0.3 is 5.97 Å². The summed E-state index contributed by atoms with van der Waals surface area (Å²) >= 11 is 11.9. The maximum atomic E-state index is 13.8. The number of aromatic nitrogens is 2. The van der Waals surface area contributed by atoms with Crippen molar-refractivity contribution in [3.05, 3.63) is 93.8 Å². The Hall–Kier alpha value is -3.22. The Morgan fingerprint density at radius 1 is 1.00 bits per heavy atom. The number of carbonyl (C=O) groups excluding carboxylic acids is 1. The van der Waals surface area contributed by atoms with Crippen LogP contribution in [-0.2, 0) is 11.3 Å². The normalized spacial score (nSPS) is 10.8. The Morgan fingerprint density at radius 3 is 2.57 bits per heavy atom. The van der Waals surface area contributed by atoms with Crippen molar-refractivity contribution in [1.82, 2.24) is 9.97 Å². The van der Waals surface area contributed by atoms with Gasteiger partial charge in [0.05, 0.1) is 27.8 Å². The third-order valence-corrected chi connectivity index (χ3v) is 4.79. The monoisotopic (exact) mass is 442 g/mol. The summed E-state index contributed by atoms with van der Waals surface area (Å²) in [5, 5.41) is 0.774. The predicted molar refractivity (Wildman–Crippen MR) is 112 cm³/mol. The third-order valence-electron chi connectivity index (χ3n) is 4.20. The number of halogens is 3. The van der Waals surface area contributed by atoms with Gasteiger partial charge in [-0.05, 0) is 54.6 Å². The number of ether oxygens (including phenoxy) is 2. The van der Waals surface area contributed by atoms with Gasteiger partial charge in [-0.3, -0.25) is 0 Å². The second kappa shape index (κ2) is 8.65. The lowest BCUT2D eigenvalue weighted by atomic mass is 10.2. The summed E-state index contributed by atoms with van der Waals surface area (Å²) in [7, 11) is 0. The molecule has 0 saturated heterocycles. The molecule has 30 heavy (non-hydrogen) atoms. The van der Waals surface area contributed by atoms with E-state index in [-0.39, 0.29) is 22.8 Å². The van der Waals surface area contributed by atoms with E-state index in [0.29, 0.717) is 27.7 Å². The molecule has 4 rings (SSSR count). The molecule has 0 radical (unpaired) electrons. The van der Waals surface area contributed by atoms with Gasteiger partial charge in [0.15, 0.2) is 0 Å². The molecule has 0 atom stereocenters. The summed E-state index contributed by atoms with van der Waals surface area (Å²) in [5.74, 6) is -0.373. The zero-order chi connectivity index (χ0) is 21.1. The first kappa shape index (κ1) is 20.1. The van der Waals surface area contributed by atoms with Crippen LogP contribution < -0.4 is 4.74 Å². The molecule has 0 aliphatic heterocycles. The van der Waals surface area contributed by atoms with Crippen LogP contribution in [-0.4, -0.2) is 15.9 Å². The van der Waals surface area contributed by atoms with Gasteiger partial charge in [0, 0.05) is 10.6 Å². The zero-order valence-electron chi connectivity index (χ0n) is 15.3. The minimum atomic E-state index is -0.608. The number of fused-ring (bicyclic) bond motifs is 1. The summed E-state index contributed by atoms with van der Waals surface area (Å²) in [4.78, 5) is 20.9. The lowest BCUT2D eigenvalue weighted by molar-refractivity contribution is 0.0469. The van der Waals surface area contributed by atoms with E-state index in [2.05, 4.69) is 9.97 Å². The van der Waals surface area contributed by atoms with Crippen LogP contribution in [0, 0.1) is 5.82 Å². The van der Waals surface area contributed by atoms with E-state index in [9.17, 15) is 9.18 Å². The van der Waals surface area contributed by atoms with E-state index < -0.39 is 11.8 Å². The summed E-state index contributed by atoms with van der Waals surface area (Å²) in [6.07, 6.45) is 1.49. The molecule has 0 spiro atoms. The van der Waals surface area contributed by atoms with Crippen molar-refractivity contribution in [3.8, 4) is 11.6 Å². The standard InChI is InChI=1S/C22H13Cl2FN2O3/c23-14-6-9-19-20(10-14)26-11-21(27-19)30-15-7-4-13(5-8-15)22(28)29-12-16-17(24)2-1-3-18(16)25/h1-11H,12H2. The molecule has 0 bridgehead atoms. The fraction of sp³-hybridized carbons (Fsp3) is 0.0455. The molecular weight excluding hydrogens is 430 g/mol. The van der Waals surface area contributed by atoms with Crippen LogP contribution in [0.4, 0.5) is 4.39 Å². The minimum Gasteiger partial charge on any atom is -0.457 e. The number of rotatable bonds is 5. The summed E-state index contributed by atoms with van der Waals surface area (Å²) < 4.78 is 24.6. The van der Waals surface area contributed by atoms with Crippen LogP contribution in [0.3, 0.4) is 0 Å². The van der Waals surface area contributed by atoms with Crippen molar-refractivity contribution in [2.75, 3.05) is 0 Å². The molecule has 1 aromatic heterocycles. The maximum absolute atomic E-state index is 13.8. The van der Waals surface area contributed by atoms with Crippen LogP contribution in [0.2, 0.25) is 10.0 Å². The first-order valence-corrected chi connectivity index (χ1v) is 9.55. The van der Waals surface area contributed by atoms with Gasteiger partial charge in [-0.15, -0.1) is 0 Å². The van der Waals surface area contributed by atoms with Gasteiger partial charge in [0.2, 0.25) is 5.88 Å². The molecule has 0 fully saturated rings. The van der Waals surface area contributed by atoms with Crippen molar-refractivity contribution < 1.29 is 18.7 Å². The first-order chi connectivity index (χ1) is 14.5. The first-order valence-electron chi connectivity index (χ1n) is 8.80. The number of hydrogen-bond donors (Lipinski definition) is 0. The highest BCUT2D eigenvalue weighted by Gasteiger charge is 2.12. The summed E-state index contributed by atoms with van der Waals surface area (Å²) in [6, 6.07) is 15.7. The van der Waals surface area contributed by atoms with Crippen LogP contribution in [0.1, 0.15) is 15.9 Å². The Bertz CT molecular complexity index is 1210. The molecular formula is C22H13Cl2FN2O3. The van der Waals surface area contributed by atoms with Gasteiger partial charge in [0.1, 0.15) is 18.2 Å². The average molecular weight is 443 g/mol. The molecule has 0 aliphatic rings. The summed E-state index contributed by atoms with van der Waals surface area (Å²) in [5.41, 5.74) is 1.71. The fourth-order valence-electron chi connectivity index (χ4n) is 2.69. The highest BCUT2D eigenvalue weighted by atomic mass is 35.5. The van der Waals surface area contributed by atoms with Crippen molar-refractivity contribution in [2.45, 2.75) is 6.61 Å².